The van der Waals surface area contributed by atoms with Gasteiger partial charge in [-0.15, -0.1) is 16.7 Å². The van der Waals surface area contributed by atoms with E-state index in [0.717, 1.165) is 77.3 Å². The fourth-order valence-corrected chi connectivity index (χ4v) is 9.69. The molecule has 0 aromatic heterocycles. The molecule has 3 aliphatic carbocycles. The van der Waals surface area contributed by atoms with Crippen molar-refractivity contribution < 1.29 is 23.1 Å². The maximum absolute atomic E-state index is 14.0. The van der Waals surface area contributed by atoms with Crippen LogP contribution in [0.4, 0.5) is 0 Å². The highest BCUT2D eigenvalue weighted by molar-refractivity contribution is 7.89. The molecule has 2 amide bonds. The van der Waals surface area contributed by atoms with E-state index in [-0.39, 0.29) is 47.8 Å². The average molecular weight is 665 g/mol. The van der Waals surface area contributed by atoms with Crippen molar-refractivity contribution in [2.45, 2.75) is 143 Å². The topological polar surface area (TPSA) is 119 Å². The monoisotopic (exact) mass is 664 g/mol. The number of rotatable bonds is 17. The highest BCUT2D eigenvalue weighted by Crippen LogP contribution is 2.35. The number of nitrogens with one attached hydrogen (secondary N) is 2. The summed E-state index contributed by atoms with van der Waals surface area (Å²) < 4.78 is 26.1. The van der Waals surface area contributed by atoms with Gasteiger partial charge in [0.25, 0.3) is 0 Å². The first-order valence-corrected chi connectivity index (χ1v) is 20.2. The minimum Gasteiger partial charge on any atom is -0.390 e. The summed E-state index contributed by atoms with van der Waals surface area (Å²) in [6.07, 6.45) is 14.2. The van der Waals surface area contributed by atoms with Gasteiger partial charge in [0.15, 0.2) is 0 Å². The Hall–Kier alpha value is -1.67. The Balaban J connectivity index is 1.72. The molecule has 46 heavy (non-hydrogen) atoms. The fourth-order valence-electron chi connectivity index (χ4n) is 8.06. The zero-order chi connectivity index (χ0) is 33.5. The molecule has 3 rings (SSSR count). The van der Waals surface area contributed by atoms with Gasteiger partial charge in [0.1, 0.15) is 0 Å². The Morgan fingerprint density at radius 1 is 0.870 bits per heavy atom. The van der Waals surface area contributed by atoms with Gasteiger partial charge < -0.3 is 15.3 Å². The largest absolute Gasteiger partial charge is 0.390 e. The molecule has 5 unspecified atom stereocenters. The second-order valence-electron chi connectivity index (χ2n) is 14.4. The number of amides is 2. The Labute approximate surface area is 280 Å². The maximum atomic E-state index is 14.0. The van der Waals surface area contributed by atoms with Crippen LogP contribution in [-0.4, -0.2) is 79.3 Å². The number of aliphatic hydroxyl groups is 1. The molecule has 0 bridgehead atoms. The van der Waals surface area contributed by atoms with Crippen LogP contribution in [0.2, 0.25) is 0 Å². The average Bonchev–Trinajstić information content (AvgIpc) is 3.04. The third-order valence-corrected chi connectivity index (χ3v) is 11.9. The summed E-state index contributed by atoms with van der Waals surface area (Å²) in [6.45, 7) is 9.78. The number of nitrogens with zero attached hydrogens (tertiary/aromatic N) is 2. The summed E-state index contributed by atoms with van der Waals surface area (Å²) in [7, 11) is -3.54. The number of aliphatic hydroxyl groups excluding tert-OH is 1. The Morgan fingerprint density at radius 3 is 2.02 bits per heavy atom. The molecule has 0 radical (unpaired) electrons. The van der Waals surface area contributed by atoms with Gasteiger partial charge >= 0.3 is 0 Å². The lowest BCUT2D eigenvalue weighted by Crippen LogP contribution is -2.54. The van der Waals surface area contributed by atoms with Gasteiger partial charge in [0.05, 0.1) is 17.9 Å². The first-order chi connectivity index (χ1) is 22.1. The smallest absolute Gasteiger partial charge is 0.225 e. The van der Waals surface area contributed by atoms with Crippen LogP contribution in [0.15, 0.2) is 0 Å². The Morgan fingerprint density at radius 2 is 1.46 bits per heavy atom. The predicted molar refractivity (Wildman–Crippen MR) is 185 cm³/mol. The molecule has 0 aromatic carbocycles. The molecule has 0 aromatic rings. The zero-order valence-electron chi connectivity index (χ0n) is 29.3. The lowest BCUT2D eigenvalue weighted by molar-refractivity contribution is -0.139. The van der Waals surface area contributed by atoms with Crippen molar-refractivity contribution >= 4 is 21.8 Å². The quantitative estimate of drug-likeness (QED) is 0.145. The van der Waals surface area contributed by atoms with Crippen molar-refractivity contribution in [3.8, 4) is 11.8 Å². The standard InChI is InChI=1S/C36H64N4O5S/c1-5-15-30-22-31(25-32(23-30)36(43)39(20-6-2)21-7-3)35(42)37-33(24-28-16-11-9-12-17-28)34(41)26-40(8-4)38-46(44,45)27-29-18-13-10-14-19-29/h28-34,38,41H,6-14,16-27H2,1-4H3,(H,37,42). The van der Waals surface area contributed by atoms with E-state index in [9.17, 15) is 23.1 Å². The maximum Gasteiger partial charge on any atom is 0.225 e. The molecule has 0 heterocycles. The third kappa shape index (κ3) is 12.7. The Bertz CT molecular complexity index is 1090. The molecule has 9 nitrogen and oxygen atoms in total. The molecule has 3 fully saturated rings. The van der Waals surface area contributed by atoms with E-state index in [4.69, 9.17) is 0 Å². The number of sulfonamides is 1. The van der Waals surface area contributed by atoms with Gasteiger partial charge in [-0.3, -0.25) is 9.59 Å². The van der Waals surface area contributed by atoms with Crippen LogP contribution in [0.5, 0.6) is 0 Å². The van der Waals surface area contributed by atoms with Crippen molar-refractivity contribution in [2.75, 3.05) is 31.9 Å². The van der Waals surface area contributed by atoms with Gasteiger partial charge in [0.2, 0.25) is 21.8 Å². The van der Waals surface area contributed by atoms with Crippen LogP contribution in [0.1, 0.15) is 130 Å². The molecule has 10 heteroatoms. The van der Waals surface area contributed by atoms with E-state index >= 15 is 0 Å². The minimum atomic E-state index is -3.54. The van der Waals surface area contributed by atoms with Crippen LogP contribution >= 0.6 is 0 Å². The number of carbonyl (C=O) groups is 2. The predicted octanol–water partition coefficient (Wildman–Crippen LogP) is 5.24. The molecule has 0 spiro atoms. The van der Waals surface area contributed by atoms with E-state index in [1.165, 1.54) is 12.8 Å². The van der Waals surface area contributed by atoms with Crippen LogP contribution in [-0.2, 0) is 19.6 Å². The molecular weight excluding hydrogens is 600 g/mol. The minimum absolute atomic E-state index is 0.0237. The summed E-state index contributed by atoms with van der Waals surface area (Å²) in [4.78, 5) is 32.3. The van der Waals surface area contributed by atoms with Crippen LogP contribution < -0.4 is 10.1 Å². The number of hydrogen-bond donors (Lipinski definition) is 3. The van der Waals surface area contributed by atoms with Crippen molar-refractivity contribution in [3.05, 3.63) is 0 Å². The van der Waals surface area contributed by atoms with E-state index in [1.807, 2.05) is 11.8 Å². The summed E-state index contributed by atoms with van der Waals surface area (Å²) in [5, 5.41) is 16.4. The number of hydrazine groups is 1. The summed E-state index contributed by atoms with van der Waals surface area (Å²) in [5.41, 5.74) is 0. The van der Waals surface area contributed by atoms with E-state index in [1.54, 1.807) is 11.9 Å². The summed E-state index contributed by atoms with van der Waals surface area (Å²) in [5.74, 6) is 6.33. The van der Waals surface area contributed by atoms with Crippen molar-refractivity contribution in [1.29, 1.82) is 0 Å². The van der Waals surface area contributed by atoms with Gasteiger partial charge in [-0.05, 0) is 70.1 Å². The van der Waals surface area contributed by atoms with Gasteiger partial charge in [-0.1, -0.05) is 72.1 Å². The Kier molecular flexibility index (Phi) is 16.8. The molecular formula is C36H64N4O5S. The van der Waals surface area contributed by atoms with Gasteiger partial charge in [-0.25, -0.2) is 13.4 Å². The number of hydrogen-bond acceptors (Lipinski definition) is 6. The van der Waals surface area contributed by atoms with Crippen LogP contribution in [0.25, 0.3) is 0 Å². The molecule has 0 aliphatic heterocycles. The zero-order valence-corrected chi connectivity index (χ0v) is 30.1. The molecule has 0 saturated heterocycles. The number of likely N-dealkylation sites (N-methyl/N-ethyl adjacent to an activating group) is 1. The van der Waals surface area contributed by atoms with Crippen LogP contribution in [0, 0.1) is 41.4 Å². The third-order valence-electron chi connectivity index (χ3n) is 10.4. The second-order valence-corrected chi connectivity index (χ2v) is 16.1. The normalized spacial score (nSPS) is 24.5. The first kappa shape index (κ1) is 38.8. The summed E-state index contributed by atoms with van der Waals surface area (Å²) >= 11 is 0. The first-order valence-electron chi connectivity index (χ1n) is 18.5. The van der Waals surface area contributed by atoms with E-state index < -0.39 is 22.2 Å². The fraction of sp³-hybridized carbons (Fsp3) is 0.889. The molecule has 3 saturated carbocycles. The van der Waals surface area contributed by atoms with Crippen molar-refractivity contribution in [2.24, 2.45) is 29.6 Å². The van der Waals surface area contributed by atoms with Gasteiger partial charge in [0, 0.05) is 43.9 Å². The molecule has 264 valence electrons. The van der Waals surface area contributed by atoms with Gasteiger partial charge in [-0.2, -0.15) is 0 Å². The molecule has 5 atom stereocenters. The van der Waals surface area contributed by atoms with E-state index in [2.05, 4.69) is 35.8 Å². The lowest BCUT2D eigenvalue weighted by atomic mass is 9.74. The summed E-state index contributed by atoms with van der Waals surface area (Å²) in [6, 6.07) is -0.504. The van der Waals surface area contributed by atoms with E-state index in [0.29, 0.717) is 38.1 Å². The highest BCUT2D eigenvalue weighted by atomic mass is 32.2. The van der Waals surface area contributed by atoms with Crippen LogP contribution in [0.3, 0.4) is 0 Å². The SMILES string of the molecule is CC#CC1CC(C(=O)NC(CC2CCCCC2)C(O)CN(CC)NS(=O)(=O)CC2CCCCC2)CC(C(=O)N(CCC)CCC)C1. The lowest BCUT2D eigenvalue weighted by Gasteiger charge is -2.37. The number of carbonyl (C=O) groups excluding carboxylic acids is 2. The van der Waals surface area contributed by atoms with Crippen molar-refractivity contribution in [3.63, 3.8) is 0 Å². The van der Waals surface area contributed by atoms with Crippen molar-refractivity contribution in [1.82, 2.24) is 20.1 Å². The second kappa shape index (κ2) is 20.0. The molecule has 3 N–H and O–H groups in total. The highest BCUT2D eigenvalue weighted by Gasteiger charge is 2.39. The molecule has 3 aliphatic rings.